The van der Waals surface area contributed by atoms with Crippen LogP contribution < -0.4 is 5.73 Å². The highest BCUT2D eigenvalue weighted by molar-refractivity contribution is 9.10. The van der Waals surface area contributed by atoms with Crippen molar-refractivity contribution >= 4 is 56.4 Å². The fourth-order valence-electron chi connectivity index (χ4n) is 2.66. The number of fused-ring (bicyclic) bond motifs is 1. The summed E-state index contributed by atoms with van der Waals surface area (Å²) in [7, 11) is -16.7. The van der Waals surface area contributed by atoms with Gasteiger partial charge in [-0.05, 0) is 15.9 Å². The van der Waals surface area contributed by atoms with Gasteiger partial charge in [0.15, 0.2) is 17.7 Å². The van der Waals surface area contributed by atoms with Gasteiger partial charge in [-0.25, -0.2) is 28.6 Å². The van der Waals surface area contributed by atoms with Crippen LogP contribution in [0.15, 0.2) is 11.1 Å². The molecule has 1 aliphatic rings. The van der Waals surface area contributed by atoms with Crippen molar-refractivity contribution in [1.82, 2.24) is 19.5 Å². The topological polar surface area (TPSA) is 279 Å². The maximum atomic E-state index is 11.8. The maximum Gasteiger partial charge on any atom is 0.490 e. The molecule has 2 aromatic rings. The summed E-state index contributed by atoms with van der Waals surface area (Å²) in [4.78, 5) is 47.6. The van der Waals surface area contributed by atoms with E-state index in [1.807, 2.05) is 0 Å². The van der Waals surface area contributed by atoms with Crippen molar-refractivity contribution in [2.24, 2.45) is 0 Å². The zero-order valence-electron chi connectivity index (χ0n) is 15.2. The van der Waals surface area contributed by atoms with Crippen molar-refractivity contribution in [2.75, 3.05) is 12.3 Å². The molecular formula is C10H15BrN5O13P3. The molecule has 0 aromatic carbocycles. The molecule has 0 spiro atoms. The number of phosphoric acid groups is 3. The van der Waals surface area contributed by atoms with Gasteiger partial charge >= 0.3 is 23.5 Å². The smallest absolute Gasteiger partial charge is 0.387 e. The number of aliphatic hydroxyl groups excluding tert-OH is 2. The van der Waals surface area contributed by atoms with Crippen LogP contribution in [-0.2, 0) is 31.6 Å². The Kier molecular flexibility index (Phi) is 7.28. The van der Waals surface area contributed by atoms with E-state index in [9.17, 15) is 28.8 Å². The van der Waals surface area contributed by atoms with Crippen LogP contribution in [0.4, 0.5) is 5.82 Å². The summed E-state index contributed by atoms with van der Waals surface area (Å²) in [5.74, 6) is 0.0119. The van der Waals surface area contributed by atoms with E-state index in [0.717, 1.165) is 0 Å². The van der Waals surface area contributed by atoms with Crippen molar-refractivity contribution in [3.8, 4) is 0 Å². The molecule has 22 heteroatoms. The van der Waals surface area contributed by atoms with Gasteiger partial charge in [0.1, 0.15) is 23.8 Å². The van der Waals surface area contributed by atoms with E-state index in [0.29, 0.717) is 0 Å². The Hall–Kier alpha value is -0.880. The molecule has 1 saturated heterocycles. The lowest BCUT2D eigenvalue weighted by Crippen LogP contribution is -2.33. The lowest BCUT2D eigenvalue weighted by Gasteiger charge is -2.19. The minimum Gasteiger partial charge on any atom is -0.387 e. The first-order valence-corrected chi connectivity index (χ1v) is 13.4. The SMILES string of the molecule is Nc1nc(Br)nc2c1ncn2[C@@H]1O[C@H](COP(=O)(O)OP(=O)(O)OP(=O)(O)O)[C@@H](O)[C@H]1O. The van der Waals surface area contributed by atoms with E-state index in [1.165, 1.54) is 10.9 Å². The fourth-order valence-corrected chi connectivity index (χ4v) is 6.05. The minimum absolute atomic E-state index is 0.0119. The molecular weight excluding hydrogens is 571 g/mol. The molecule has 2 unspecified atom stereocenters. The number of imidazole rings is 1. The van der Waals surface area contributed by atoms with E-state index in [-0.39, 0.29) is 21.7 Å². The number of anilines is 1. The molecule has 18 nitrogen and oxygen atoms in total. The second-order valence-electron chi connectivity index (χ2n) is 6.13. The molecule has 0 bridgehead atoms. The predicted molar refractivity (Wildman–Crippen MR) is 103 cm³/mol. The third kappa shape index (κ3) is 5.97. The molecule has 6 atom stereocenters. The summed E-state index contributed by atoms with van der Waals surface area (Å²) in [5.41, 5.74) is 6.02. The molecule has 1 fully saturated rings. The summed E-state index contributed by atoms with van der Waals surface area (Å²) in [6.45, 7) is -0.966. The van der Waals surface area contributed by atoms with Gasteiger partial charge in [-0.2, -0.15) is 8.62 Å². The number of ether oxygens (including phenoxy) is 1. The second-order valence-corrected chi connectivity index (χ2v) is 11.3. The average Bonchev–Trinajstić information content (AvgIpc) is 3.12. The van der Waals surface area contributed by atoms with Gasteiger partial charge in [0.25, 0.3) is 0 Å². The number of aliphatic hydroxyl groups is 2. The molecule has 3 heterocycles. The number of hydrogen-bond acceptors (Lipinski definition) is 13. The molecule has 2 aromatic heterocycles. The molecule has 0 saturated carbocycles. The summed E-state index contributed by atoms with van der Waals surface area (Å²) < 4.78 is 52.1. The Morgan fingerprint density at radius 1 is 1.09 bits per heavy atom. The van der Waals surface area contributed by atoms with Gasteiger partial charge in [-0.1, -0.05) is 0 Å². The number of aromatic nitrogens is 4. The van der Waals surface area contributed by atoms with Crippen molar-refractivity contribution in [1.29, 1.82) is 0 Å². The van der Waals surface area contributed by atoms with Crippen LogP contribution >= 0.6 is 39.4 Å². The van der Waals surface area contributed by atoms with Crippen LogP contribution in [0, 0.1) is 0 Å². The van der Waals surface area contributed by atoms with Gasteiger partial charge in [-0.15, -0.1) is 0 Å². The number of nitrogen functional groups attached to an aromatic ring is 1. The number of halogens is 1. The largest absolute Gasteiger partial charge is 0.490 e. The molecule has 1 aliphatic heterocycles. The van der Waals surface area contributed by atoms with Crippen molar-refractivity contribution in [3.63, 3.8) is 0 Å². The number of rotatable bonds is 8. The molecule has 0 aliphatic carbocycles. The Morgan fingerprint density at radius 2 is 1.75 bits per heavy atom. The van der Waals surface area contributed by atoms with Gasteiger partial charge in [-0.3, -0.25) is 9.09 Å². The molecule has 0 radical (unpaired) electrons. The molecule has 3 rings (SSSR count). The molecule has 8 N–H and O–H groups in total. The van der Waals surface area contributed by atoms with Crippen LogP contribution in [-0.4, -0.2) is 74.2 Å². The highest BCUT2D eigenvalue weighted by Crippen LogP contribution is 2.66. The Labute approximate surface area is 185 Å². The molecule has 0 amide bonds. The Morgan fingerprint density at radius 3 is 2.38 bits per heavy atom. The van der Waals surface area contributed by atoms with E-state index >= 15 is 0 Å². The summed E-state index contributed by atoms with van der Waals surface area (Å²) >= 11 is 3.05. The average molecular weight is 586 g/mol. The zero-order chi connectivity index (χ0) is 24.1. The van der Waals surface area contributed by atoms with Crippen LogP contribution in [0.3, 0.4) is 0 Å². The first kappa shape index (κ1) is 25.7. The number of hydrogen-bond donors (Lipinski definition) is 7. The molecule has 180 valence electrons. The summed E-state index contributed by atoms with van der Waals surface area (Å²) in [5, 5.41) is 20.5. The van der Waals surface area contributed by atoms with Gasteiger partial charge < -0.3 is 40.3 Å². The normalized spacial score (nSPS) is 28.0. The summed E-state index contributed by atoms with van der Waals surface area (Å²) in [6, 6.07) is 0. The van der Waals surface area contributed by atoms with E-state index < -0.39 is 54.6 Å². The first-order valence-electron chi connectivity index (χ1n) is 8.04. The van der Waals surface area contributed by atoms with Gasteiger partial charge in [0.2, 0.25) is 4.73 Å². The quantitative estimate of drug-likeness (QED) is 0.146. The Balaban J connectivity index is 1.72. The van der Waals surface area contributed by atoms with Crippen LogP contribution in [0.1, 0.15) is 6.23 Å². The standard InChI is InChI=1S/C10H15BrN5O13P3/c11-10-14-7(12)4-8(15-10)16(2-13-4)9-6(18)5(17)3(27-9)1-26-31(22,23)29-32(24,25)28-30(19,20)21/h2-3,5-6,9,17-18H,1H2,(H,22,23)(H,24,25)(H2,12,14,15)(H2,19,20,21)/t3-,5-,6-,9-/m1/s1. The zero-order valence-corrected chi connectivity index (χ0v) is 19.5. The van der Waals surface area contributed by atoms with Gasteiger partial charge in [0, 0.05) is 0 Å². The number of nitrogens with zero attached hydrogens (tertiary/aromatic N) is 4. The van der Waals surface area contributed by atoms with Crippen molar-refractivity contribution in [2.45, 2.75) is 24.5 Å². The highest BCUT2D eigenvalue weighted by atomic mass is 79.9. The van der Waals surface area contributed by atoms with Crippen LogP contribution in [0.2, 0.25) is 0 Å². The number of phosphoric ester groups is 1. The maximum absolute atomic E-state index is 11.8. The Bertz CT molecular complexity index is 1160. The van der Waals surface area contributed by atoms with Crippen LogP contribution in [0.5, 0.6) is 0 Å². The monoisotopic (exact) mass is 585 g/mol. The lowest BCUT2D eigenvalue weighted by atomic mass is 10.1. The molecule has 32 heavy (non-hydrogen) atoms. The lowest BCUT2D eigenvalue weighted by molar-refractivity contribution is -0.0503. The predicted octanol–water partition coefficient (Wildman–Crippen LogP) is -0.867. The van der Waals surface area contributed by atoms with Gasteiger partial charge in [0.05, 0.1) is 12.9 Å². The minimum atomic E-state index is -5.71. The third-order valence-electron chi connectivity index (χ3n) is 3.85. The third-order valence-corrected chi connectivity index (χ3v) is 8.01. The highest BCUT2D eigenvalue weighted by Gasteiger charge is 2.47. The fraction of sp³-hybridized carbons (Fsp3) is 0.500. The van der Waals surface area contributed by atoms with E-state index in [2.05, 4.69) is 44.0 Å². The summed E-state index contributed by atoms with van der Waals surface area (Å²) in [6.07, 6.45) is -4.90. The van der Waals surface area contributed by atoms with E-state index in [1.54, 1.807) is 0 Å². The van der Waals surface area contributed by atoms with E-state index in [4.69, 9.17) is 25.2 Å². The second kappa shape index (κ2) is 9.05. The van der Waals surface area contributed by atoms with Crippen molar-refractivity contribution < 1.29 is 61.4 Å². The van der Waals surface area contributed by atoms with Crippen LogP contribution in [0.25, 0.3) is 11.2 Å². The number of nitrogens with two attached hydrogens (primary N) is 1. The van der Waals surface area contributed by atoms with Crippen molar-refractivity contribution in [3.05, 3.63) is 11.1 Å². The first-order chi connectivity index (χ1) is 14.6.